The zero-order chi connectivity index (χ0) is 16.1. The second-order valence-corrected chi connectivity index (χ2v) is 7.15. The third kappa shape index (κ3) is 4.38. The molecule has 3 rings (SSSR count). The van der Waals surface area contributed by atoms with Gasteiger partial charge in [0.1, 0.15) is 5.52 Å². The number of fused-ring (bicyclic) bond motifs is 1. The molecule has 1 amide bonds. The first-order valence-corrected chi connectivity index (χ1v) is 9.08. The second-order valence-electron chi connectivity index (χ2n) is 5.86. The summed E-state index contributed by atoms with van der Waals surface area (Å²) < 4.78 is 5.65. The fourth-order valence-electron chi connectivity index (χ4n) is 2.73. The molecule has 1 aliphatic carbocycles. The van der Waals surface area contributed by atoms with Gasteiger partial charge in [-0.3, -0.25) is 4.79 Å². The number of carbonyl (C=O) groups excluding carboxylic acids is 1. The number of allylic oxidation sites excluding steroid dienone is 1. The number of aromatic nitrogens is 1. The van der Waals surface area contributed by atoms with Gasteiger partial charge in [-0.1, -0.05) is 35.5 Å². The number of para-hydroxylation sites is 2. The summed E-state index contributed by atoms with van der Waals surface area (Å²) in [5, 5.41) is 3.34. The molecule has 0 fully saturated rings. The Hall–Kier alpha value is -1.75. The largest absolute Gasteiger partial charge is 0.431 e. The van der Waals surface area contributed by atoms with E-state index < -0.39 is 0 Å². The molecule has 1 atom stereocenters. The van der Waals surface area contributed by atoms with Gasteiger partial charge in [-0.15, -0.1) is 0 Å². The van der Waals surface area contributed by atoms with Crippen LogP contribution < -0.4 is 5.32 Å². The fourth-order valence-corrected chi connectivity index (χ4v) is 3.51. The third-order valence-corrected chi connectivity index (χ3v) is 5.00. The van der Waals surface area contributed by atoms with Crippen molar-refractivity contribution in [2.24, 2.45) is 0 Å². The number of rotatable bonds is 6. The first-order chi connectivity index (χ1) is 11.2. The summed E-state index contributed by atoms with van der Waals surface area (Å²) in [7, 11) is 0. The summed E-state index contributed by atoms with van der Waals surface area (Å²) in [6.07, 6.45) is 8.24. The van der Waals surface area contributed by atoms with Gasteiger partial charge < -0.3 is 9.73 Å². The van der Waals surface area contributed by atoms with Crippen LogP contribution in [0, 0.1) is 0 Å². The van der Waals surface area contributed by atoms with Crippen molar-refractivity contribution in [3.63, 3.8) is 0 Å². The van der Waals surface area contributed by atoms with Crippen LogP contribution in [-0.2, 0) is 4.79 Å². The highest BCUT2D eigenvalue weighted by Gasteiger charge is 2.17. The van der Waals surface area contributed by atoms with Gasteiger partial charge in [-0.25, -0.2) is 4.98 Å². The minimum atomic E-state index is -0.219. The summed E-state index contributed by atoms with van der Waals surface area (Å²) in [5.41, 5.74) is 3.06. The first-order valence-electron chi connectivity index (χ1n) is 8.20. The van der Waals surface area contributed by atoms with Gasteiger partial charge in [0.2, 0.25) is 5.91 Å². The van der Waals surface area contributed by atoms with Crippen molar-refractivity contribution in [2.75, 3.05) is 6.54 Å². The summed E-state index contributed by atoms with van der Waals surface area (Å²) >= 11 is 1.36. The molecular formula is C18H22N2O2S. The van der Waals surface area contributed by atoms with Gasteiger partial charge in [0.15, 0.2) is 5.58 Å². The maximum Gasteiger partial charge on any atom is 0.257 e. The van der Waals surface area contributed by atoms with E-state index in [0.29, 0.717) is 11.8 Å². The molecule has 0 unspecified atom stereocenters. The van der Waals surface area contributed by atoms with Crippen LogP contribution in [0.5, 0.6) is 0 Å². The highest BCUT2D eigenvalue weighted by molar-refractivity contribution is 8.00. The molecule has 0 bridgehead atoms. The monoisotopic (exact) mass is 330 g/mol. The Kier molecular flexibility index (Phi) is 5.39. The molecule has 0 saturated carbocycles. The highest BCUT2D eigenvalue weighted by atomic mass is 32.2. The lowest BCUT2D eigenvalue weighted by molar-refractivity contribution is -0.120. The van der Waals surface area contributed by atoms with Crippen LogP contribution in [0.4, 0.5) is 0 Å². The average molecular weight is 330 g/mol. The Labute approximate surface area is 140 Å². The number of nitrogens with one attached hydrogen (secondary N) is 1. The lowest BCUT2D eigenvalue weighted by Gasteiger charge is -2.14. The molecule has 1 aromatic heterocycles. The molecule has 0 radical (unpaired) electrons. The molecule has 2 aromatic rings. The van der Waals surface area contributed by atoms with Crippen molar-refractivity contribution < 1.29 is 9.21 Å². The molecule has 1 aromatic carbocycles. The van der Waals surface area contributed by atoms with E-state index in [9.17, 15) is 4.79 Å². The van der Waals surface area contributed by atoms with Crippen LogP contribution in [-0.4, -0.2) is 22.7 Å². The lowest BCUT2D eigenvalue weighted by atomic mass is 9.97. The van der Waals surface area contributed by atoms with Crippen molar-refractivity contribution in [1.29, 1.82) is 0 Å². The molecule has 1 N–H and O–H groups in total. The standard InChI is InChI=1S/C18H22N2O2S/c1-13(17(21)19-12-11-14-7-3-2-4-8-14)23-18-20-15-9-5-6-10-16(15)22-18/h5-7,9-10,13H,2-4,8,11-12H2,1H3,(H,19,21)/t13-/m1/s1. The number of amides is 1. The quantitative estimate of drug-likeness (QED) is 0.633. The minimum absolute atomic E-state index is 0.0358. The maximum absolute atomic E-state index is 12.2. The molecule has 122 valence electrons. The fraction of sp³-hybridized carbons (Fsp3) is 0.444. The normalized spacial score (nSPS) is 16.1. The van der Waals surface area contributed by atoms with E-state index >= 15 is 0 Å². The molecule has 23 heavy (non-hydrogen) atoms. The van der Waals surface area contributed by atoms with Crippen LogP contribution in [0.15, 0.2) is 45.6 Å². The van der Waals surface area contributed by atoms with E-state index in [1.807, 2.05) is 31.2 Å². The SMILES string of the molecule is C[C@@H](Sc1nc2ccccc2o1)C(=O)NCCC1=CCCCC1. The molecule has 1 aliphatic rings. The van der Waals surface area contributed by atoms with Gasteiger partial charge in [0, 0.05) is 6.54 Å². The van der Waals surface area contributed by atoms with Crippen molar-refractivity contribution in [3.8, 4) is 0 Å². The number of benzene rings is 1. The molecule has 1 heterocycles. The number of carbonyl (C=O) groups is 1. The first kappa shape index (κ1) is 16.1. The predicted molar refractivity (Wildman–Crippen MR) is 93.5 cm³/mol. The Morgan fingerprint density at radius 1 is 1.39 bits per heavy atom. The summed E-state index contributed by atoms with van der Waals surface area (Å²) in [6.45, 7) is 2.60. The third-order valence-electron chi connectivity index (χ3n) is 4.05. The number of thioether (sulfide) groups is 1. The number of hydrogen-bond acceptors (Lipinski definition) is 4. The van der Waals surface area contributed by atoms with Crippen molar-refractivity contribution in [3.05, 3.63) is 35.9 Å². The van der Waals surface area contributed by atoms with Gasteiger partial charge >= 0.3 is 0 Å². The Bertz CT molecular complexity index is 675. The molecule has 0 aliphatic heterocycles. The van der Waals surface area contributed by atoms with Crippen LogP contribution in [0.3, 0.4) is 0 Å². The van der Waals surface area contributed by atoms with Crippen molar-refractivity contribution >= 4 is 28.8 Å². The van der Waals surface area contributed by atoms with Crippen LogP contribution >= 0.6 is 11.8 Å². The second kappa shape index (κ2) is 7.68. The maximum atomic E-state index is 12.2. The minimum Gasteiger partial charge on any atom is -0.431 e. The van der Waals surface area contributed by atoms with E-state index in [2.05, 4.69) is 16.4 Å². The Morgan fingerprint density at radius 3 is 3.04 bits per heavy atom. The topological polar surface area (TPSA) is 55.1 Å². The van der Waals surface area contributed by atoms with Gasteiger partial charge in [-0.05, 0) is 51.2 Å². The Morgan fingerprint density at radius 2 is 2.26 bits per heavy atom. The zero-order valence-corrected chi connectivity index (χ0v) is 14.2. The molecular weight excluding hydrogens is 308 g/mol. The molecule has 4 nitrogen and oxygen atoms in total. The van der Waals surface area contributed by atoms with Crippen LogP contribution in [0.2, 0.25) is 0 Å². The number of hydrogen-bond donors (Lipinski definition) is 1. The molecule has 0 saturated heterocycles. The van der Waals surface area contributed by atoms with Gasteiger partial charge in [0.05, 0.1) is 5.25 Å². The summed E-state index contributed by atoms with van der Waals surface area (Å²) in [4.78, 5) is 16.6. The van der Waals surface area contributed by atoms with Crippen molar-refractivity contribution in [1.82, 2.24) is 10.3 Å². The predicted octanol–water partition coefficient (Wildman–Crippen LogP) is 4.32. The Balaban J connectivity index is 1.48. The molecule has 5 heteroatoms. The van der Waals surface area contributed by atoms with Crippen LogP contribution in [0.1, 0.15) is 39.0 Å². The lowest BCUT2D eigenvalue weighted by Crippen LogP contribution is -2.31. The number of oxazole rings is 1. The molecule has 0 spiro atoms. The van der Waals surface area contributed by atoms with Crippen molar-refractivity contribution in [2.45, 2.75) is 49.5 Å². The summed E-state index contributed by atoms with van der Waals surface area (Å²) in [5.74, 6) is 0.0358. The van der Waals surface area contributed by atoms with Gasteiger partial charge in [0.25, 0.3) is 5.22 Å². The highest BCUT2D eigenvalue weighted by Crippen LogP contribution is 2.26. The van der Waals surface area contributed by atoms with Gasteiger partial charge in [-0.2, -0.15) is 0 Å². The van der Waals surface area contributed by atoms with E-state index in [1.165, 1.54) is 43.0 Å². The number of nitrogens with zero attached hydrogens (tertiary/aromatic N) is 1. The smallest absolute Gasteiger partial charge is 0.257 e. The van der Waals surface area contributed by atoms with E-state index in [-0.39, 0.29) is 11.2 Å². The van der Waals surface area contributed by atoms with E-state index in [1.54, 1.807) is 0 Å². The average Bonchev–Trinajstić information content (AvgIpc) is 2.98. The summed E-state index contributed by atoms with van der Waals surface area (Å²) in [6, 6.07) is 7.63. The van der Waals surface area contributed by atoms with Crippen LogP contribution in [0.25, 0.3) is 11.1 Å². The zero-order valence-electron chi connectivity index (χ0n) is 13.4. The van der Waals surface area contributed by atoms with E-state index in [4.69, 9.17) is 4.42 Å². The van der Waals surface area contributed by atoms with E-state index in [0.717, 1.165) is 17.5 Å².